The van der Waals surface area contributed by atoms with Gasteiger partial charge in [-0.3, -0.25) is 0 Å². The van der Waals surface area contributed by atoms with E-state index in [1.54, 1.807) is 0 Å². The number of aliphatic hydroxyl groups excluding tert-OH is 1. The first-order chi connectivity index (χ1) is 8.95. The summed E-state index contributed by atoms with van der Waals surface area (Å²) >= 11 is 0. The average molecular weight is 266 g/mol. The highest BCUT2D eigenvalue weighted by Crippen LogP contribution is 2.28. The van der Waals surface area contributed by atoms with E-state index in [1.165, 1.54) is 19.3 Å². The van der Waals surface area contributed by atoms with E-state index in [9.17, 15) is 5.11 Å². The number of nitrogens with one attached hydrogen (secondary N) is 1. The highest BCUT2D eigenvalue weighted by molar-refractivity contribution is 4.98. The maximum atomic E-state index is 9.65. The van der Waals surface area contributed by atoms with Crippen molar-refractivity contribution in [1.29, 1.82) is 0 Å². The van der Waals surface area contributed by atoms with Crippen molar-refractivity contribution in [3.63, 3.8) is 0 Å². The van der Waals surface area contributed by atoms with E-state index in [1.807, 2.05) is 10.9 Å². The maximum absolute atomic E-state index is 9.65. The minimum atomic E-state index is -0.107. The molecule has 1 aliphatic carbocycles. The van der Waals surface area contributed by atoms with Gasteiger partial charge in [-0.2, -0.15) is 0 Å². The van der Waals surface area contributed by atoms with Crippen LogP contribution < -0.4 is 5.32 Å². The quantitative estimate of drug-likeness (QED) is 0.872. The zero-order chi connectivity index (χ0) is 13.9. The predicted octanol–water partition coefficient (Wildman–Crippen LogP) is 1.82. The molecule has 0 amide bonds. The molecule has 0 atom stereocenters. The van der Waals surface area contributed by atoms with Gasteiger partial charge in [-0.15, -0.1) is 5.10 Å². The van der Waals surface area contributed by atoms with Gasteiger partial charge in [-0.25, -0.2) is 4.68 Å². The maximum Gasteiger partial charge on any atom is 0.0965 e. The van der Waals surface area contributed by atoms with Gasteiger partial charge < -0.3 is 10.4 Å². The second-order valence-corrected chi connectivity index (χ2v) is 6.68. The minimum absolute atomic E-state index is 0.0370. The van der Waals surface area contributed by atoms with Crippen molar-refractivity contribution in [2.75, 3.05) is 6.61 Å². The normalized spacial score (nSPS) is 19.6. The molecule has 19 heavy (non-hydrogen) atoms. The second-order valence-electron chi connectivity index (χ2n) is 6.68. The minimum Gasteiger partial charge on any atom is -0.394 e. The van der Waals surface area contributed by atoms with Crippen LogP contribution in [0, 0.1) is 0 Å². The molecule has 2 N–H and O–H groups in total. The third kappa shape index (κ3) is 3.54. The van der Waals surface area contributed by atoms with Crippen LogP contribution >= 0.6 is 0 Å². The molecule has 2 rings (SSSR count). The molecule has 1 aliphatic rings. The molecule has 0 unspecified atom stereocenters. The molecule has 0 aromatic carbocycles. The largest absolute Gasteiger partial charge is 0.394 e. The lowest BCUT2D eigenvalue weighted by molar-refractivity contribution is 0.119. The summed E-state index contributed by atoms with van der Waals surface area (Å²) in [7, 11) is 0. The summed E-state index contributed by atoms with van der Waals surface area (Å²) in [5.74, 6) is 0. The molecule has 0 bridgehead atoms. The van der Waals surface area contributed by atoms with Crippen LogP contribution in [0.15, 0.2) is 6.20 Å². The predicted molar refractivity (Wildman–Crippen MR) is 74.8 cm³/mol. The van der Waals surface area contributed by atoms with Crippen molar-refractivity contribution in [2.24, 2.45) is 0 Å². The third-order valence-corrected chi connectivity index (χ3v) is 3.99. The van der Waals surface area contributed by atoms with Crippen molar-refractivity contribution in [3.8, 4) is 0 Å². The second kappa shape index (κ2) is 5.59. The highest BCUT2D eigenvalue weighted by Gasteiger charge is 2.30. The monoisotopic (exact) mass is 266 g/mol. The topological polar surface area (TPSA) is 63.0 Å². The Balaban J connectivity index is 1.96. The number of hydrogen-bond acceptors (Lipinski definition) is 4. The van der Waals surface area contributed by atoms with Crippen LogP contribution in [-0.2, 0) is 12.1 Å². The van der Waals surface area contributed by atoms with Crippen molar-refractivity contribution < 1.29 is 5.11 Å². The summed E-state index contributed by atoms with van der Waals surface area (Å²) < 4.78 is 1.89. The Kier molecular flexibility index (Phi) is 4.26. The van der Waals surface area contributed by atoms with Crippen LogP contribution in [0.3, 0.4) is 0 Å². The van der Waals surface area contributed by atoms with E-state index in [-0.39, 0.29) is 17.7 Å². The fraction of sp³-hybridized carbons (Fsp3) is 0.857. The zero-order valence-electron chi connectivity index (χ0n) is 12.3. The third-order valence-electron chi connectivity index (χ3n) is 3.99. The van der Waals surface area contributed by atoms with Crippen LogP contribution in [0.2, 0.25) is 0 Å². The Morgan fingerprint density at radius 2 is 2.00 bits per heavy atom. The Bertz CT molecular complexity index is 402. The molecule has 1 heterocycles. The van der Waals surface area contributed by atoms with Gasteiger partial charge in [0.25, 0.3) is 0 Å². The summed E-state index contributed by atoms with van der Waals surface area (Å²) in [6.07, 6.45) is 7.77. The van der Waals surface area contributed by atoms with Crippen LogP contribution in [0.5, 0.6) is 0 Å². The van der Waals surface area contributed by atoms with Crippen LogP contribution in [-0.4, -0.2) is 32.2 Å². The molecule has 0 spiro atoms. The number of hydrogen-bond donors (Lipinski definition) is 2. The van der Waals surface area contributed by atoms with Crippen LogP contribution in [0.4, 0.5) is 0 Å². The molecular weight excluding hydrogens is 240 g/mol. The molecular formula is C14H26N4O. The molecule has 1 aromatic rings. The lowest BCUT2D eigenvalue weighted by atomic mass is 9.82. The first kappa shape index (κ1) is 14.5. The Labute approximate surface area is 115 Å². The molecule has 0 saturated heterocycles. The molecule has 5 heteroatoms. The van der Waals surface area contributed by atoms with E-state index < -0.39 is 0 Å². The number of rotatable bonds is 4. The van der Waals surface area contributed by atoms with E-state index in [0.29, 0.717) is 6.54 Å². The van der Waals surface area contributed by atoms with E-state index in [0.717, 1.165) is 18.5 Å². The molecule has 1 fully saturated rings. The number of nitrogens with zero attached hydrogens (tertiary/aromatic N) is 3. The van der Waals surface area contributed by atoms with Gasteiger partial charge in [0.2, 0.25) is 0 Å². The Morgan fingerprint density at radius 3 is 2.53 bits per heavy atom. The van der Waals surface area contributed by atoms with Crippen LogP contribution in [0.1, 0.15) is 58.6 Å². The lowest BCUT2D eigenvalue weighted by Gasteiger charge is -2.36. The van der Waals surface area contributed by atoms with E-state index in [4.69, 9.17) is 0 Å². The summed E-state index contributed by atoms with van der Waals surface area (Å²) in [4.78, 5) is 0. The van der Waals surface area contributed by atoms with Gasteiger partial charge in [0.1, 0.15) is 0 Å². The fourth-order valence-electron chi connectivity index (χ4n) is 2.60. The van der Waals surface area contributed by atoms with Crippen molar-refractivity contribution >= 4 is 0 Å². The first-order valence-electron chi connectivity index (χ1n) is 7.23. The van der Waals surface area contributed by atoms with Gasteiger partial charge in [-0.05, 0) is 33.6 Å². The number of aliphatic hydroxyl groups is 1. The molecule has 108 valence electrons. The molecule has 1 aromatic heterocycles. The molecule has 1 saturated carbocycles. The van der Waals surface area contributed by atoms with Crippen molar-refractivity contribution in [3.05, 3.63) is 11.9 Å². The van der Waals surface area contributed by atoms with Crippen molar-refractivity contribution in [2.45, 2.75) is 70.5 Å². The number of aromatic nitrogens is 3. The van der Waals surface area contributed by atoms with Crippen molar-refractivity contribution in [1.82, 2.24) is 20.3 Å². The molecule has 5 nitrogen and oxygen atoms in total. The van der Waals surface area contributed by atoms with E-state index >= 15 is 0 Å². The summed E-state index contributed by atoms with van der Waals surface area (Å²) in [5, 5.41) is 21.5. The molecule has 0 aliphatic heterocycles. The van der Waals surface area contributed by atoms with E-state index in [2.05, 4.69) is 36.4 Å². The standard InChI is InChI=1S/C14H26N4O/c1-13(2,3)18-10-12(16-17-18)9-15-14(11-19)7-5-4-6-8-14/h10,15,19H,4-9,11H2,1-3H3. The summed E-state index contributed by atoms with van der Waals surface area (Å²) in [6, 6.07) is 0. The van der Waals surface area contributed by atoms with Gasteiger partial charge in [-0.1, -0.05) is 24.5 Å². The smallest absolute Gasteiger partial charge is 0.0965 e. The van der Waals surface area contributed by atoms with Gasteiger partial charge in [0, 0.05) is 12.1 Å². The Hall–Kier alpha value is -0.940. The van der Waals surface area contributed by atoms with Gasteiger partial charge >= 0.3 is 0 Å². The summed E-state index contributed by atoms with van der Waals surface area (Å²) in [5.41, 5.74) is 0.794. The SMILES string of the molecule is CC(C)(C)n1cc(CNC2(CO)CCCCC2)nn1. The van der Waals surface area contributed by atoms with Gasteiger partial charge in [0.15, 0.2) is 0 Å². The average Bonchev–Trinajstić information content (AvgIpc) is 2.86. The zero-order valence-corrected chi connectivity index (χ0v) is 12.3. The van der Waals surface area contributed by atoms with Gasteiger partial charge in [0.05, 0.1) is 24.0 Å². The highest BCUT2D eigenvalue weighted by atomic mass is 16.3. The lowest BCUT2D eigenvalue weighted by Crippen LogP contribution is -2.49. The summed E-state index contributed by atoms with van der Waals surface area (Å²) in [6.45, 7) is 7.21. The Morgan fingerprint density at radius 1 is 1.32 bits per heavy atom. The fourth-order valence-corrected chi connectivity index (χ4v) is 2.60. The van der Waals surface area contributed by atoms with Crippen LogP contribution in [0.25, 0.3) is 0 Å². The molecule has 0 radical (unpaired) electrons. The first-order valence-corrected chi connectivity index (χ1v) is 7.23.